The fraction of sp³-hybridized carbons (Fsp3) is 0.515. The van der Waals surface area contributed by atoms with E-state index in [0.29, 0.717) is 0 Å². The van der Waals surface area contributed by atoms with E-state index in [2.05, 4.69) is 102 Å². The molecule has 1 aromatic heterocycles. The smallest absolute Gasteiger partial charge is 0.00611 e. The van der Waals surface area contributed by atoms with Gasteiger partial charge in [0, 0.05) is 0 Å². The summed E-state index contributed by atoms with van der Waals surface area (Å²) in [4.78, 5) is 0. The third-order valence-corrected chi connectivity index (χ3v) is 6.85. The third-order valence-electron chi connectivity index (χ3n) is 6.12. The molecular weight excluding hydrogens is 428 g/mol. The molecule has 34 heavy (non-hydrogen) atoms. The van der Waals surface area contributed by atoms with Crippen molar-refractivity contribution in [2.24, 2.45) is 0 Å². The van der Waals surface area contributed by atoms with Gasteiger partial charge in [-0.05, 0) is 135 Å². The molecule has 0 aliphatic carbocycles. The van der Waals surface area contributed by atoms with Gasteiger partial charge in [-0.3, -0.25) is 0 Å². The van der Waals surface area contributed by atoms with Gasteiger partial charge in [-0.1, -0.05) is 69.9 Å². The van der Waals surface area contributed by atoms with Crippen molar-refractivity contribution in [1.29, 1.82) is 0 Å². The summed E-state index contributed by atoms with van der Waals surface area (Å²) in [5.41, 5.74) is 10.3. The van der Waals surface area contributed by atoms with Crippen LogP contribution in [0.4, 0.5) is 0 Å². The maximum Gasteiger partial charge on any atom is -0.00611 e. The first-order chi connectivity index (χ1) is 16.3. The van der Waals surface area contributed by atoms with Crippen molar-refractivity contribution in [2.75, 3.05) is 0 Å². The van der Waals surface area contributed by atoms with Gasteiger partial charge in [-0.15, -0.1) is 0 Å². The Balaban J connectivity index is 2.21. The summed E-state index contributed by atoms with van der Waals surface area (Å²) in [6, 6.07) is 2.24. The Labute approximate surface area is 216 Å². The van der Waals surface area contributed by atoms with Crippen LogP contribution in [0.15, 0.2) is 86.7 Å². The molecule has 188 valence electrons. The lowest BCUT2D eigenvalue weighted by atomic mass is 10.0. The number of rotatable bonds is 16. The first-order valence-electron chi connectivity index (χ1n) is 13.2. The number of hydrogen-bond acceptors (Lipinski definition) is 1. The van der Waals surface area contributed by atoms with E-state index in [1.165, 1.54) is 83.9 Å². The standard InChI is InChI=1S/C33H50S/c1-27(2)25-32(7)21-11-19-30(5)17-9-15-28(3)13-8-14-29(4)16-10-18-31(6)20-12-22-33-23-24-34-26-33/h13,16-17,20-21,23-26H,8-12,14-15,18-19,22H2,1-7H3. The Hall–Kier alpha value is -1.86. The highest BCUT2D eigenvalue weighted by atomic mass is 32.1. The topological polar surface area (TPSA) is 0 Å². The number of allylic oxidation sites excluding steroid dienone is 12. The fourth-order valence-corrected chi connectivity index (χ4v) is 4.71. The second-order valence-electron chi connectivity index (χ2n) is 10.2. The van der Waals surface area contributed by atoms with Gasteiger partial charge in [0.1, 0.15) is 0 Å². The summed E-state index contributed by atoms with van der Waals surface area (Å²) in [5, 5.41) is 4.43. The normalized spacial score (nSPS) is 14.0. The van der Waals surface area contributed by atoms with E-state index < -0.39 is 0 Å². The fourth-order valence-electron chi connectivity index (χ4n) is 4.01. The van der Waals surface area contributed by atoms with E-state index in [-0.39, 0.29) is 0 Å². The molecule has 0 saturated heterocycles. The van der Waals surface area contributed by atoms with Crippen LogP contribution in [0, 0.1) is 0 Å². The highest BCUT2D eigenvalue weighted by Crippen LogP contribution is 2.16. The van der Waals surface area contributed by atoms with Crippen molar-refractivity contribution in [3.63, 3.8) is 0 Å². The minimum Gasteiger partial charge on any atom is -0.152 e. The van der Waals surface area contributed by atoms with Gasteiger partial charge in [0.15, 0.2) is 0 Å². The molecule has 0 atom stereocenters. The number of hydrogen-bond donors (Lipinski definition) is 0. The summed E-state index contributed by atoms with van der Waals surface area (Å²) >= 11 is 1.79. The zero-order valence-electron chi connectivity index (χ0n) is 23.2. The van der Waals surface area contributed by atoms with Crippen LogP contribution < -0.4 is 0 Å². The quantitative estimate of drug-likeness (QED) is 0.164. The van der Waals surface area contributed by atoms with Crippen molar-refractivity contribution in [3.05, 3.63) is 92.3 Å². The SMILES string of the molecule is CC(C)=CC(C)=CCCC(C)=CCCC(C)=CCCC(C)=CCCC(C)=CCCc1ccsc1. The molecule has 0 spiro atoms. The van der Waals surface area contributed by atoms with Crippen LogP contribution >= 0.6 is 11.3 Å². The van der Waals surface area contributed by atoms with Crippen molar-refractivity contribution < 1.29 is 0 Å². The Morgan fingerprint density at radius 2 is 1.06 bits per heavy atom. The average Bonchev–Trinajstić information content (AvgIpc) is 3.26. The molecule has 0 aromatic carbocycles. The van der Waals surface area contributed by atoms with Crippen LogP contribution in [0.2, 0.25) is 0 Å². The van der Waals surface area contributed by atoms with Gasteiger partial charge in [0.05, 0.1) is 0 Å². The van der Waals surface area contributed by atoms with Crippen LogP contribution in [0.5, 0.6) is 0 Å². The van der Waals surface area contributed by atoms with E-state index >= 15 is 0 Å². The summed E-state index contributed by atoms with van der Waals surface area (Å²) in [6.45, 7) is 15.6. The molecule has 1 aromatic rings. The molecule has 1 heteroatoms. The van der Waals surface area contributed by atoms with Crippen molar-refractivity contribution >= 4 is 11.3 Å². The summed E-state index contributed by atoms with van der Waals surface area (Å²) < 4.78 is 0. The second-order valence-corrected chi connectivity index (χ2v) is 11.0. The van der Waals surface area contributed by atoms with Crippen molar-refractivity contribution in [2.45, 2.75) is 113 Å². The molecule has 0 saturated carbocycles. The average molecular weight is 479 g/mol. The summed E-state index contributed by atoms with van der Waals surface area (Å²) in [7, 11) is 0. The van der Waals surface area contributed by atoms with Crippen molar-refractivity contribution in [3.8, 4) is 0 Å². The van der Waals surface area contributed by atoms with E-state index in [1.54, 1.807) is 11.3 Å². The maximum atomic E-state index is 2.45. The molecule has 0 bridgehead atoms. The van der Waals surface area contributed by atoms with E-state index in [1.807, 2.05) is 0 Å². The predicted octanol–water partition coefficient (Wildman–Crippen LogP) is 11.5. The highest BCUT2D eigenvalue weighted by molar-refractivity contribution is 7.07. The van der Waals surface area contributed by atoms with E-state index in [9.17, 15) is 0 Å². The second kappa shape index (κ2) is 18.5. The monoisotopic (exact) mass is 478 g/mol. The Bertz CT molecular complexity index is 862. The molecule has 0 radical (unpaired) electrons. The molecule has 0 unspecified atom stereocenters. The molecule has 0 aliphatic heterocycles. The third kappa shape index (κ3) is 16.7. The first-order valence-corrected chi connectivity index (χ1v) is 14.2. The molecule has 1 heterocycles. The molecule has 0 fully saturated rings. The first kappa shape index (κ1) is 30.2. The molecule has 0 aliphatic rings. The van der Waals surface area contributed by atoms with Gasteiger partial charge < -0.3 is 0 Å². The van der Waals surface area contributed by atoms with Gasteiger partial charge in [-0.25, -0.2) is 0 Å². The lowest BCUT2D eigenvalue weighted by Crippen LogP contribution is -1.84. The van der Waals surface area contributed by atoms with Crippen LogP contribution in [-0.2, 0) is 6.42 Å². The highest BCUT2D eigenvalue weighted by Gasteiger charge is 1.96. The van der Waals surface area contributed by atoms with Crippen LogP contribution in [0.3, 0.4) is 0 Å². The largest absolute Gasteiger partial charge is 0.152 e. The number of aryl methyl sites for hydroxylation is 1. The Kier molecular flexibility index (Phi) is 16.4. The minimum absolute atomic E-state index is 1.14. The maximum absolute atomic E-state index is 2.45. The lowest BCUT2D eigenvalue weighted by molar-refractivity contribution is 0.888. The van der Waals surface area contributed by atoms with Gasteiger partial charge in [0.25, 0.3) is 0 Å². The minimum atomic E-state index is 1.14. The van der Waals surface area contributed by atoms with E-state index in [4.69, 9.17) is 0 Å². The predicted molar refractivity (Wildman–Crippen MR) is 158 cm³/mol. The Morgan fingerprint density at radius 1 is 0.618 bits per heavy atom. The summed E-state index contributed by atoms with van der Waals surface area (Å²) in [6.07, 6.45) is 26.1. The van der Waals surface area contributed by atoms with Crippen LogP contribution in [0.1, 0.15) is 112 Å². The number of thiophene rings is 1. The zero-order valence-corrected chi connectivity index (χ0v) is 24.0. The lowest BCUT2D eigenvalue weighted by Gasteiger charge is -2.03. The Morgan fingerprint density at radius 3 is 1.47 bits per heavy atom. The molecule has 0 N–H and O–H groups in total. The molecular formula is C33H50S. The van der Waals surface area contributed by atoms with Gasteiger partial charge in [0.2, 0.25) is 0 Å². The van der Waals surface area contributed by atoms with Crippen molar-refractivity contribution in [1.82, 2.24) is 0 Å². The van der Waals surface area contributed by atoms with Gasteiger partial charge >= 0.3 is 0 Å². The molecule has 0 amide bonds. The van der Waals surface area contributed by atoms with Gasteiger partial charge in [-0.2, -0.15) is 11.3 Å². The molecule has 1 rings (SSSR count). The van der Waals surface area contributed by atoms with E-state index in [0.717, 1.165) is 19.3 Å². The molecule has 0 nitrogen and oxygen atoms in total. The van der Waals surface area contributed by atoms with Crippen LogP contribution in [-0.4, -0.2) is 0 Å². The summed E-state index contributed by atoms with van der Waals surface area (Å²) in [5.74, 6) is 0. The zero-order chi connectivity index (χ0) is 25.2. The van der Waals surface area contributed by atoms with Crippen LogP contribution in [0.25, 0.3) is 0 Å².